The molecule has 0 saturated heterocycles. The first-order chi connectivity index (χ1) is 7.20. The van der Waals surface area contributed by atoms with E-state index in [4.69, 9.17) is 5.26 Å². The van der Waals surface area contributed by atoms with Gasteiger partial charge in [0.1, 0.15) is 6.26 Å². The van der Waals surface area contributed by atoms with E-state index in [1.165, 1.54) is 11.1 Å². The van der Waals surface area contributed by atoms with Crippen molar-refractivity contribution in [2.75, 3.05) is 6.26 Å². The van der Waals surface area contributed by atoms with Crippen LogP contribution in [0.25, 0.3) is 0 Å². The van der Waals surface area contributed by atoms with Crippen LogP contribution in [0.4, 0.5) is 0 Å². The average Bonchev–Trinajstić information content (AvgIpc) is 2.60. The second-order valence-corrected chi connectivity index (χ2v) is 4.83. The second-order valence-electron chi connectivity index (χ2n) is 3.69. The van der Waals surface area contributed by atoms with Gasteiger partial charge in [0.2, 0.25) is 0 Å². The SMILES string of the molecule is C[S@@+]([O-])N[C@@H]1CCc2cc(C#N)ccc21. The molecule has 0 aliphatic heterocycles. The highest BCUT2D eigenvalue weighted by Gasteiger charge is 2.25. The minimum atomic E-state index is -0.985. The zero-order valence-electron chi connectivity index (χ0n) is 8.49. The maximum Gasteiger partial charge on any atom is 0.115 e. The highest BCUT2D eigenvalue weighted by molar-refractivity contribution is 7.88. The Balaban J connectivity index is 2.25. The highest BCUT2D eigenvalue weighted by atomic mass is 32.2. The van der Waals surface area contributed by atoms with E-state index in [-0.39, 0.29) is 6.04 Å². The normalized spacial score (nSPS) is 20.7. The van der Waals surface area contributed by atoms with Crippen molar-refractivity contribution in [2.24, 2.45) is 0 Å². The van der Waals surface area contributed by atoms with Crippen molar-refractivity contribution >= 4 is 11.4 Å². The number of benzene rings is 1. The molecule has 0 amide bonds. The molecule has 78 valence electrons. The lowest BCUT2D eigenvalue weighted by Crippen LogP contribution is -2.25. The van der Waals surface area contributed by atoms with Gasteiger partial charge in [-0.2, -0.15) is 5.26 Å². The first-order valence-corrected chi connectivity index (χ1v) is 6.39. The van der Waals surface area contributed by atoms with Crippen LogP contribution in [-0.2, 0) is 17.8 Å². The summed E-state index contributed by atoms with van der Waals surface area (Å²) < 4.78 is 14.1. The fraction of sp³-hybridized carbons (Fsp3) is 0.364. The van der Waals surface area contributed by atoms with Crippen molar-refractivity contribution in [1.29, 1.82) is 5.26 Å². The first kappa shape index (κ1) is 10.5. The lowest BCUT2D eigenvalue weighted by Gasteiger charge is -2.13. The summed E-state index contributed by atoms with van der Waals surface area (Å²) in [4.78, 5) is 0. The molecule has 1 N–H and O–H groups in total. The molecule has 2 atom stereocenters. The Morgan fingerprint density at radius 2 is 2.40 bits per heavy atom. The van der Waals surface area contributed by atoms with Gasteiger partial charge in [0.05, 0.1) is 17.7 Å². The van der Waals surface area contributed by atoms with E-state index >= 15 is 0 Å². The number of rotatable bonds is 2. The van der Waals surface area contributed by atoms with Gasteiger partial charge in [-0.15, -0.1) is 4.72 Å². The molecule has 1 aromatic rings. The van der Waals surface area contributed by atoms with Gasteiger partial charge in [0.15, 0.2) is 0 Å². The third-order valence-corrected chi connectivity index (χ3v) is 3.27. The van der Waals surface area contributed by atoms with Crippen molar-refractivity contribution in [1.82, 2.24) is 4.72 Å². The predicted octanol–water partition coefficient (Wildman–Crippen LogP) is 1.43. The predicted molar refractivity (Wildman–Crippen MR) is 59.4 cm³/mol. The molecule has 0 heterocycles. The maximum atomic E-state index is 11.1. The summed E-state index contributed by atoms with van der Waals surface area (Å²) in [6, 6.07) is 8.02. The fourth-order valence-electron chi connectivity index (χ4n) is 2.01. The standard InChI is InChI=1S/C11H12N2OS/c1-15(14)13-11-5-3-9-6-8(7-12)2-4-10(9)11/h2,4,6,11,13H,3,5H2,1H3/t11-,15-/m1/s1. The zero-order valence-corrected chi connectivity index (χ0v) is 9.30. The molecular formula is C11H12N2OS. The van der Waals surface area contributed by atoms with Crippen LogP contribution >= 0.6 is 0 Å². The average molecular weight is 220 g/mol. The Labute approximate surface area is 92.4 Å². The van der Waals surface area contributed by atoms with E-state index < -0.39 is 11.4 Å². The molecule has 1 aromatic carbocycles. The fourth-order valence-corrected chi connectivity index (χ4v) is 2.66. The molecule has 0 unspecified atom stereocenters. The number of nitrogens with one attached hydrogen (secondary N) is 1. The van der Waals surface area contributed by atoms with E-state index in [2.05, 4.69) is 10.8 Å². The number of nitriles is 1. The van der Waals surface area contributed by atoms with E-state index in [1.54, 1.807) is 6.26 Å². The van der Waals surface area contributed by atoms with Crippen LogP contribution in [0.1, 0.15) is 29.2 Å². The van der Waals surface area contributed by atoms with Crippen molar-refractivity contribution < 1.29 is 4.55 Å². The Bertz CT molecular complexity index is 412. The molecular weight excluding hydrogens is 208 g/mol. The summed E-state index contributed by atoms with van der Waals surface area (Å²) in [5.74, 6) is 0. The molecule has 0 radical (unpaired) electrons. The molecule has 0 aromatic heterocycles. The molecule has 0 saturated carbocycles. The van der Waals surface area contributed by atoms with E-state index in [1.807, 2.05) is 18.2 Å². The van der Waals surface area contributed by atoms with Crippen LogP contribution in [0.2, 0.25) is 0 Å². The van der Waals surface area contributed by atoms with Gasteiger partial charge in [-0.25, -0.2) is 0 Å². The monoisotopic (exact) mass is 220 g/mol. The van der Waals surface area contributed by atoms with Crippen LogP contribution in [0.3, 0.4) is 0 Å². The van der Waals surface area contributed by atoms with E-state index in [0.29, 0.717) is 5.56 Å². The maximum absolute atomic E-state index is 11.1. The summed E-state index contributed by atoms with van der Waals surface area (Å²) in [5, 5.41) is 8.77. The smallest absolute Gasteiger partial charge is 0.115 e. The van der Waals surface area contributed by atoms with Crippen molar-refractivity contribution in [3.8, 4) is 6.07 Å². The quantitative estimate of drug-likeness (QED) is 0.767. The Morgan fingerprint density at radius 1 is 1.60 bits per heavy atom. The van der Waals surface area contributed by atoms with Crippen molar-refractivity contribution in [3.05, 3.63) is 34.9 Å². The molecule has 0 fully saturated rings. The van der Waals surface area contributed by atoms with Gasteiger partial charge in [0, 0.05) is 11.4 Å². The molecule has 2 rings (SSSR count). The second kappa shape index (κ2) is 4.23. The number of aryl methyl sites for hydroxylation is 1. The Hall–Kier alpha value is -1.02. The molecule has 4 heteroatoms. The Morgan fingerprint density at radius 3 is 3.07 bits per heavy atom. The zero-order chi connectivity index (χ0) is 10.8. The summed E-state index contributed by atoms with van der Waals surface area (Å²) in [6.45, 7) is 0. The van der Waals surface area contributed by atoms with Crippen molar-refractivity contribution in [2.45, 2.75) is 18.9 Å². The number of hydrogen-bond acceptors (Lipinski definition) is 3. The number of nitrogens with zero attached hydrogens (tertiary/aromatic N) is 1. The van der Waals surface area contributed by atoms with Gasteiger partial charge < -0.3 is 4.55 Å². The van der Waals surface area contributed by atoms with Crippen molar-refractivity contribution in [3.63, 3.8) is 0 Å². The third kappa shape index (κ3) is 2.15. The van der Waals surface area contributed by atoms with Crippen LogP contribution in [0.15, 0.2) is 18.2 Å². The van der Waals surface area contributed by atoms with Crippen LogP contribution in [0, 0.1) is 11.3 Å². The van der Waals surface area contributed by atoms with Gasteiger partial charge >= 0.3 is 0 Å². The van der Waals surface area contributed by atoms with Gasteiger partial charge in [-0.3, -0.25) is 0 Å². The number of hydrogen-bond donors (Lipinski definition) is 1. The first-order valence-electron chi connectivity index (χ1n) is 4.83. The van der Waals surface area contributed by atoms with Gasteiger partial charge in [-0.05, 0) is 36.1 Å². The highest BCUT2D eigenvalue weighted by Crippen LogP contribution is 2.31. The lowest BCUT2D eigenvalue weighted by atomic mass is 10.1. The molecule has 3 nitrogen and oxygen atoms in total. The number of fused-ring (bicyclic) bond motifs is 1. The van der Waals surface area contributed by atoms with Gasteiger partial charge in [0.25, 0.3) is 0 Å². The molecule has 0 spiro atoms. The van der Waals surface area contributed by atoms with Crippen LogP contribution in [0.5, 0.6) is 0 Å². The van der Waals surface area contributed by atoms with Crippen LogP contribution < -0.4 is 4.72 Å². The summed E-state index contributed by atoms with van der Waals surface area (Å²) in [7, 11) is 0. The third-order valence-electron chi connectivity index (χ3n) is 2.66. The summed E-state index contributed by atoms with van der Waals surface area (Å²) >= 11 is -0.985. The van der Waals surface area contributed by atoms with E-state index in [0.717, 1.165) is 12.8 Å². The lowest BCUT2D eigenvalue weighted by molar-refractivity contribution is 0.559. The van der Waals surface area contributed by atoms with Gasteiger partial charge in [-0.1, -0.05) is 6.07 Å². The van der Waals surface area contributed by atoms with E-state index in [9.17, 15) is 4.55 Å². The molecule has 1 aliphatic carbocycles. The minimum absolute atomic E-state index is 0.179. The molecule has 0 bridgehead atoms. The summed E-state index contributed by atoms with van der Waals surface area (Å²) in [5.41, 5.74) is 3.09. The Kier molecular flexibility index (Phi) is 2.96. The molecule has 1 aliphatic rings. The molecule has 15 heavy (non-hydrogen) atoms. The summed E-state index contributed by atoms with van der Waals surface area (Å²) in [6.07, 6.45) is 3.56. The minimum Gasteiger partial charge on any atom is -0.598 e. The topological polar surface area (TPSA) is 58.9 Å². The largest absolute Gasteiger partial charge is 0.598 e. The van der Waals surface area contributed by atoms with Crippen LogP contribution in [-0.4, -0.2) is 10.8 Å².